The smallest absolute Gasteiger partial charge is 0.305 e. The van der Waals surface area contributed by atoms with E-state index in [1.165, 1.54) is 334 Å². The lowest BCUT2D eigenvalue weighted by molar-refractivity contribution is -0.143. The standard InChI is InChI=1S/C71H139NO5/c1-3-5-7-9-11-13-15-17-18-19-20-27-30-33-36-40-43-47-51-55-59-63-69(74)68(67-73)72-70(75)64-60-56-52-48-44-41-37-34-31-28-25-23-21-22-24-26-29-32-35-38-42-46-50-54-58-62-66-77-71(76)65-61-57-53-49-45-39-16-14-12-10-8-6-4-2/h21,23,68-69,73-74H,3-20,22,24-67H2,1-2H3,(H,72,75)/b23-21-. The lowest BCUT2D eigenvalue weighted by atomic mass is 10.0. The van der Waals surface area contributed by atoms with E-state index < -0.39 is 12.1 Å². The number of amides is 1. The van der Waals surface area contributed by atoms with Crippen LogP contribution in [-0.4, -0.2) is 47.4 Å². The van der Waals surface area contributed by atoms with E-state index in [0.29, 0.717) is 25.9 Å². The summed E-state index contributed by atoms with van der Waals surface area (Å²) in [5, 5.41) is 23.4. The number of carbonyl (C=O) groups excluding carboxylic acids is 2. The number of unbranched alkanes of at least 4 members (excludes halogenated alkanes) is 54. The highest BCUT2D eigenvalue weighted by Gasteiger charge is 2.20. The molecule has 1 amide bonds. The molecule has 6 heteroatoms. The molecule has 0 saturated carbocycles. The topological polar surface area (TPSA) is 95.9 Å². The molecule has 6 nitrogen and oxygen atoms in total. The first-order chi connectivity index (χ1) is 38.0. The minimum absolute atomic E-state index is 0.0169. The lowest BCUT2D eigenvalue weighted by Crippen LogP contribution is -2.45. The van der Waals surface area contributed by atoms with Crippen LogP contribution in [-0.2, 0) is 14.3 Å². The minimum Gasteiger partial charge on any atom is -0.466 e. The van der Waals surface area contributed by atoms with Crippen LogP contribution in [0, 0.1) is 0 Å². The molecule has 0 spiro atoms. The predicted molar refractivity (Wildman–Crippen MR) is 338 cm³/mol. The average Bonchev–Trinajstić information content (AvgIpc) is 3.43. The van der Waals surface area contributed by atoms with E-state index in [4.69, 9.17) is 4.74 Å². The maximum absolute atomic E-state index is 12.5. The first kappa shape index (κ1) is 75.6. The number of allylic oxidation sites excluding steroid dienone is 2. The number of aliphatic hydroxyl groups excluding tert-OH is 2. The van der Waals surface area contributed by atoms with Gasteiger partial charge in [0.1, 0.15) is 0 Å². The number of hydrogen-bond donors (Lipinski definition) is 3. The van der Waals surface area contributed by atoms with Crippen molar-refractivity contribution in [2.24, 2.45) is 0 Å². The first-order valence-electron chi connectivity index (χ1n) is 35.4. The van der Waals surface area contributed by atoms with Gasteiger partial charge in [-0.05, 0) is 51.4 Å². The van der Waals surface area contributed by atoms with Gasteiger partial charge < -0.3 is 20.3 Å². The Kier molecular flexibility index (Phi) is 65.9. The maximum atomic E-state index is 12.5. The van der Waals surface area contributed by atoms with Gasteiger partial charge in [-0.3, -0.25) is 9.59 Å². The highest BCUT2D eigenvalue weighted by molar-refractivity contribution is 5.76. The fraction of sp³-hybridized carbons (Fsp3) is 0.944. The van der Waals surface area contributed by atoms with Crippen molar-refractivity contribution in [1.82, 2.24) is 5.32 Å². The molecule has 0 aromatic carbocycles. The van der Waals surface area contributed by atoms with Crippen LogP contribution < -0.4 is 5.32 Å². The highest BCUT2D eigenvalue weighted by atomic mass is 16.5. The van der Waals surface area contributed by atoms with Crippen molar-refractivity contribution in [2.75, 3.05) is 13.2 Å². The van der Waals surface area contributed by atoms with E-state index in [9.17, 15) is 19.8 Å². The minimum atomic E-state index is -0.666. The third-order valence-electron chi connectivity index (χ3n) is 16.8. The zero-order valence-corrected chi connectivity index (χ0v) is 52.5. The molecular weight excluding hydrogens is 947 g/mol. The van der Waals surface area contributed by atoms with E-state index in [-0.39, 0.29) is 18.5 Å². The summed E-state index contributed by atoms with van der Waals surface area (Å²) in [5.74, 6) is -0.0150. The van der Waals surface area contributed by atoms with E-state index in [1.54, 1.807) is 0 Å². The van der Waals surface area contributed by atoms with Gasteiger partial charge in [0.15, 0.2) is 0 Å². The van der Waals surface area contributed by atoms with Gasteiger partial charge in [-0.2, -0.15) is 0 Å². The third kappa shape index (κ3) is 63.6. The van der Waals surface area contributed by atoms with Crippen LogP contribution in [0.4, 0.5) is 0 Å². The fourth-order valence-corrected chi connectivity index (χ4v) is 11.4. The van der Waals surface area contributed by atoms with Crippen molar-refractivity contribution in [3.63, 3.8) is 0 Å². The van der Waals surface area contributed by atoms with Gasteiger partial charge >= 0.3 is 5.97 Å². The largest absolute Gasteiger partial charge is 0.466 e. The summed E-state index contributed by atoms with van der Waals surface area (Å²) in [6, 6.07) is -0.543. The summed E-state index contributed by atoms with van der Waals surface area (Å²) in [6.45, 7) is 5.00. The monoisotopic (exact) mass is 1090 g/mol. The van der Waals surface area contributed by atoms with Crippen molar-refractivity contribution in [1.29, 1.82) is 0 Å². The van der Waals surface area contributed by atoms with Crippen LogP contribution in [0.3, 0.4) is 0 Å². The summed E-state index contributed by atoms with van der Waals surface area (Å²) in [5.41, 5.74) is 0. The molecule has 2 unspecified atom stereocenters. The Morgan fingerprint density at radius 3 is 0.922 bits per heavy atom. The molecule has 0 aromatic rings. The Hall–Kier alpha value is -1.40. The van der Waals surface area contributed by atoms with Gasteiger partial charge in [0.05, 0.1) is 25.4 Å². The molecule has 0 aliphatic heterocycles. The van der Waals surface area contributed by atoms with Crippen molar-refractivity contribution < 1.29 is 24.5 Å². The van der Waals surface area contributed by atoms with E-state index in [2.05, 4.69) is 31.3 Å². The molecule has 0 aliphatic carbocycles. The lowest BCUT2D eigenvalue weighted by Gasteiger charge is -2.22. The fourth-order valence-electron chi connectivity index (χ4n) is 11.4. The van der Waals surface area contributed by atoms with Crippen molar-refractivity contribution in [3.05, 3.63) is 12.2 Å². The zero-order valence-electron chi connectivity index (χ0n) is 52.5. The number of esters is 1. The van der Waals surface area contributed by atoms with Crippen LogP contribution >= 0.6 is 0 Å². The summed E-state index contributed by atoms with van der Waals surface area (Å²) >= 11 is 0. The van der Waals surface area contributed by atoms with E-state index in [0.717, 1.165) is 38.5 Å². The molecule has 0 rings (SSSR count). The van der Waals surface area contributed by atoms with E-state index >= 15 is 0 Å². The molecule has 0 bridgehead atoms. The predicted octanol–water partition coefficient (Wildman–Crippen LogP) is 22.8. The maximum Gasteiger partial charge on any atom is 0.305 e. The second-order valence-electron chi connectivity index (χ2n) is 24.6. The molecular formula is C71H139NO5. The molecule has 0 heterocycles. The molecule has 2 atom stereocenters. The summed E-state index contributed by atoms with van der Waals surface area (Å²) in [6.07, 6.45) is 82.6. The zero-order chi connectivity index (χ0) is 55.7. The SMILES string of the molecule is CCCCCCCCCCCCCCCCCCCCCCCC(O)C(CO)NC(=O)CCCCCCCCCCCC/C=C\CCCCCCCCCCCCCCOC(=O)CCCCCCCCCCCCCCC. The molecule has 3 N–H and O–H groups in total. The normalized spacial score (nSPS) is 12.5. The van der Waals surface area contributed by atoms with Gasteiger partial charge in [0.2, 0.25) is 5.91 Å². The first-order valence-corrected chi connectivity index (χ1v) is 35.4. The van der Waals surface area contributed by atoms with Crippen LogP contribution in [0.5, 0.6) is 0 Å². The summed E-state index contributed by atoms with van der Waals surface area (Å²) in [7, 11) is 0. The van der Waals surface area contributed by atoms with Gasteiger partial charge in [-0.1, -0.05) is 353 Å². The second kappa shape index (κ2) is 67.1. The second-order valence-corrected chi connectivity index (χ2v) is 24.6. The van der Waals surface area contributed by atoms with Crippen LogP contribution in [0.1, 0.15) is 406 Å². The quantitative estimate of drug-likeness (QED) is 0.0320. The Morgan fingerprint density at radius 2 is 0.610 bits per heavy atom. The Labute approximate surface area is 482 Å². The van der Waals surface area contributed by atoms with Crippen LogP contribution in [0.15, 0.2) is 12.2 Å². The van der Waals surface area contributed by atoms with Crippen LogP contribution in [0.25, 0.3) is 0 Å². The number of rotatable bonds is 67. The summed E-state index contributed by atoms with van der Waals surface area (Å²) < 4.78 is 5.49. The van der Waals surface area contributed by atoms with Gasteiger partial charge in [-0.15, -0.1) is 0 Å². The Morgan fingerprint density at radius 1 is 0.351 bits per heavy atom. The Bertz CT molecular complexity index is 1160. The number of carbonyl (C=O) groups is 2. The van der Waals surface area contributed by atoms with E-state index in [1.807, 2.05) is 0 Å². The molecule has 0 radical (unpaired) electrons. The third-order valence-corrected chi connectivity index (χ3v) is 16.8. The molecule has 0 fully saturated rings. The highest BCUT2D eigenvalue weighted by Crippen LogP contribution is 2.19. The van der Waals surface area contributed by atoms with Gasteiger partial charge in [-0.25, -0.2) is 0 Å². The number of hydrogen-bond acceptors (Lipinski definition) is 5. The van der Waals surface area contributed by atoms with Crippen molar-refractivity contribution >= 4 is 11.9 Å². The Balaban J connectivity index is 3.38. The molecule has 0 saturated heterocycles. The molecule has 0 aliphatic rings. The number of ether oxygens (including phenoxy) is 1. The average molecular weight is 1090 g/mol. The van der Waals surface area contributed by atoms with Gasteiger partial charge in [0, 0.05) is 12.8 Å². The van der Waals surface area contributed by atoms with Crippen molar-refractivity contribution in [2.45, 2.75) is 418 Å². The number of aliphatic hydroxyl groups is 2. The molecule has 77 heavy (non-hydrogen) atoms. The molecule has 458 valence electrons. The summed E-state index contributed by atoms with van der Waals surface area (Å²) in [4.78, 5) is 24.6. The van der Waals surface area contributed by atoms with Crippen molar-refractivity contribution in [3.8, 4) is 0 Å². The van der Waals surface area contributed by atoms with Gasteiger partial charge in [0.25, 0.3) is 0 Å². The molecule has 0 aromatic heterocycles. The number of nitrogens with one attached hydrogen (secondary N) is 1. The van der Waals surface area contributed by atoms with Crippen LogP contribution in [0.2, 0.25) is 0 Å².